The Hall–Kier alpha value is -1.36. The topological polar surface area (TPSA) is 58.2 Å². The Kier molecular flexibility index (Phi) is 4.61. The number of amides is 2. The zero-order valence-electron chi connectivity index (χ0n) is 14.4. The van der Waals surface area contributed by atoms with Crippen LogP contribution in [0.4, 0.5) is 0 Å². The van der Waals surface area contributed by atoms with Crippen molar-refractivity contribution in [3.05, 3.63) is 34.3 Å². The SMILES string of the molecule is O=C(CNC(=O)c1ccc(Br)cc1)NCC12CC3CC(CC(C3)C1)C2. The lowest BCUT2D eigenvalue weighted by Gasteiger charge is -2.56. The Morgan fingerprint density at radius 1 is 0.960 bits per heavy atom. The Balaban J connectivity index is 1.26. The Labute approximate surface area is 157 Å². The van der Waals surface area contributed by atoms with Gasteiger partial charge in [0, 0.05) is 16.6 Å². The van der Waals surface area contributed by atoms with Gasteiger partial charge in [0.1, 0.15) is 0 Å². The van der Waals surface area contributed by atoms with E-state index in [2.05, 4.69) is 26.6 Å². The maximum atomic E-state index is 12.2. The van der Waals surface area contributed by atoms with E-state index in [1.54, 1.807) is 12.1 Å². The monoisotopic (exact) mass is 404 g/mol. The summed E-state index contributed by atoms with van der Waals surface area (Å²) in [5, 5.41) is 5.80. The third-order valence-corrected chi connectivity index (χ3v) is 6.87. The van der Waals surface area contributed by atoms with Crippen LogP contribution in [0, 0.1) is 23.2 Å². The van der Waals surface area contributed by atoms with Crippen LogP contribution in [0.2, 0.25) is 0 Å². The molecule has 4 fully saturated rings. The number of hydrogen-bond acceptors (Lipinski definition) is 2. The van der Waals surface area contributed by atoms with Gasteiger partial charge in [-0.1, -0.05) is 15.9 Å². The molecule has 4 nitrogen and oxygen atoms in total. The molecular formula is C20H25BrN2O2. The van der Waals surface area contributed by atoms with E-state index in [1.807, 2.05) is 12.1 Å². The molecule has 0 spiro atoms. The maximum Gasteiger partial charge on any atom is 0.251 e. The first-order chi connectivity index (χ1) is 12.0. The number of benzene rings is 1. The third-order valence-electron chi connectivity index (χ3n) is 6.34. The number of rotatable bonds is 5. The van der Waals surface area contributed by atoms with E-state index in [0.29, 0.717) is 11.0 Å². The molecule has 0 radical (unpaired) electrons. The van der Waals surface area contributed by atoms with E-state index in [1.165, 1.54) is 38.5 Å². The molecule has 0 heterocycles. The molecule has 5 rings (SSSR count). The first-order valence-electron chi connectivity index (χ1n) is 9.32. The van der Waals surface area contributed by atoms with Crippen LogP contribution < -0.4 is 10.6 Å². The fourth-order valence-corrected chi connectivity index (χ4v) is 5.98. The number of hydrogen-bond donors (Lipinski definition) is 2. The molecule has 4 bridgehead atoms. The van der Waals surface area contributed by atoms with Crippen LogP contribution >= 0.6 is 15.9 Å². The molecule has 4 aliphatic carbocycles. The van der Waals surface area contributed by atoms with Crippen molar-refractivity contribution in [1.29, 1.82) is 0 Å². The van der Waals surface area contributed by atoms with Gasteiger partial charge in [0.2, 0.25) is 5.91 Å². The van der Waals surface area contributed by atoms with Crippen LogP contribution in [0.15, 0.2) is 28.7 Å². The van der Waals surface area contributed by atoms with Gasteiger partial charge < -0.3 is 10.6 Å². The molecule has 1 aromatic rings. The molecule has 4 aliphatic rings. The minimum Gasteiger partial charge on any atom is -0.354 e. The van der Waals surface area contributed by atoms with E-state index in [4.69, 9.17) is 0 Å². The second-order valence-corrected chi connectivity index (χ2v) is 9.30. The van der Waals surface area contributed by atoms with Crippen molar-refractivity contribution in [2.45, 2.75) is 38.5 Å². The molecule has 4 saturated carbocycles. The van der Waals surface area contributed by atoms with Gasteiger partial charge in [-0.25, -0.2) is 0 Å². The van der Waals surface area contributed by atoms with E-state index in [9.17, 15) is 9.59 Å². The normalized spacial score (nSPS) is 32.4. The molecular weight excluding hydrogens is 380 g/mol. The molecule has 25 heavy (non-hydrogen) atoms. The van der Waals surface area contributed by atoms with Crippen molar-refractivity contribution in [1.82, 2.24) is 10.6 Å². The summed E-state index contributed by atoms with van der Waals surface area (Å²) in [7, 11) is 0. The van der Waals surface area contributed by atoms with Crippen LogP contribution in [0.3, 0.4) is 0 Å². The van der Waals surface area contributed by atoms with Crippen LogP contribution in [-0.4, -0.2) is 24.9 Å². The van der Waals surface area contributed by atoms with Crippen LogP contribution in [0.1, 0.15) is 48.9 Å². The Morgan fingerprint density at radius 2 is 1.52 bits per heavy atom. The second-order valence-electron chi connectivity index (χ2n) is 8.38. The minimum absolute atomic E-state index is 0.0429. The van der Waals surface area contributed by atoms with Crippen molar-refractivity contribution in [3.63, 3.8) is 0 Å². The molecule has 0 aromatic heterocycles. The predicted molar refractivity (Wildman–Crippen MR) is 100 cm³/mol. The lowest BCUT2D eigenvalue weighted by molar-refractivity contribution is -0.122. The zero-order chi connectivity index (χ0) is 17.4. The lowest BCUT2D eigenvalue weighted by atomic mass is 9.49. The lowest BCUT2D eigenvalue weighted by Crippen LogP contribution is -2.52. The van der Waals surface area contributed by atoms with Crippen molar-refractivity contribution in [2.24, 2.45) is 23.2 Å². The van der Waals surface area contributed by atoms with E-state index < -0.39 is 0 Å². The molecule has 0 unspecified atom stereocenters. The molecule has 134 valence electrons. The van der Waals surface area contributed by atoms with Gasteiger partial charge >= 0.3 is 0 Å². The molecule has 0 aliphatic heterocycles. The summed E-state index contributed by atoms with van der Waals surface area (Å²) in [5.41, 5.74) is 0.900. The summed E-state index contributed by atoms with van der Waals surface area (Å²) in [5.74, 6) is 2.37. The quantitative estimate of drug-likeness (QED) is 0.788. The van der Waals surface area contributed by atoms with Crippen LogP contribution in [0.5, 0.6) is 0 Å². The first kappa shape index (κ1) is 17.1. The van der Waals surface area contributed by atoms with E-state index in [0.717, 1.165) is 28.8 Å². The van der Waals surface area contributed by atoms with Crippen molar-refractivity contribution in [3.8, 4) is 0 Å². The number of carbonyl (C=O) groups excluding carboxylic acids is 2. The largest absolute Gasteiger partial charge is 0.354 e. The van der Waals surface area contributed by atoms with Gasteiger partial charge in [0.25, 0.3) is 5.91 Å². The first-order valence-corrected chi connectivity index (χ1v) is 10.1. The summed E-state index contributed by atoms with van der Waals surface area (Å²) < 4.78 is 0.928. The molecule has 1 aromatic carbocycles. The summed E-state index contributed by atoms with van der Waals surface area (Å²) >= 11 is 3.35. The van der Waals surface area contributed by atoms with Crippen LogP contribution in [-0.2, 0) is 4.79 Å². The summed E-state index contributed by atoms with van der Waals surface area (Å²) in [4.78, 5) is 24.3. The average molecular weight is 405 g/mol. The summed E-state index contributed by atoms with van der Waals surface area (Å²) in [6.45, 7) is 0.824. The van der Waals surface area contributed by atoms with Gasteiger partial charge in [-0.3, -0.25) is 9.59 Å². The molecule has 5 heteroatoms. The highest BCUT2D eigenvalue weighted by Crippen LogP contribution is 2.59. The highest BCUT2D eigenvalue weighted by Gasteiger charge is 2.50. The highest BCUT2D eigenvalue weighted by molar-refractivity contribution is 9.10. The highest BCUT2D eigenvalue weighted by atomic mass is 79.9. The summed E-state index contributed by atoms with van der Waals surface area (Å²) in [6, 6.07) is 7.13. The minimum atomic E-state index is -0.211. The fourth-order valence-electron chi connectivity index (χ4n) is 5.72. The molecule has 2 N–H and O–H groups in total. The predicted octanol–water partition coefficient (Wildman–Crippen LogP) is 3.51. The van der Waals surface area contributed by atoms with Gasteiger partial charge in [-0.05, 0) is 86.0 Å². The van der Waals surface area contributed by atoms with E-state index >= 15 is 0 Å². The smallest absolute Gasteiger partial charge is 0.251 e. The molecule has 0 atom stereocenters. The van der Waals surface area contributed by atoms with Crippen LogP contribution in [0.25, 0.3) is 0 Å². The maximum absolute atomic E-state index is 12.2. The van der Waals surface area contributed by atoms with Gasteiger partial charge in [-0.2, -0.15) is 0 Å². The Morgan fingerprint density at radius 3 is 2.08 bits per heavy atom. The average Bonchev–Trinajstić information content (AvgIpc) is 2.57. The third kappa shape index (κ3) is 3.76. The number of halogens is 1. The molecule has 2 amide bonds. The summed E-state index contributed by atoms with van der Waals surface area (Å²) in [6.07, 6.45) is 8.09. The second kappa shape index (κ2) is 6.75. The van der Waals surface area contributed by atoms with Crippen molar-refractivity contribution in [2.75, 3.05) is 13.1 Å². The van der Waals surface area contributed by atoms with Gasteiger partial charge in [0.15, 0.2) is 0 Å². The van der Waals surface area contributed by atoms with Gasteiger partial charge in [0.05, 0.1) is 6.54 Å². The Bertz CT molecular complexity index is 635. The number of carbonyl (C=O) groups is 2. The van der Waals surface area contributed by atoms with E-state index in [-0.39, 0.29) is 18.4 Å². The van der Waals surface area contributed by atoms with Crippen molar-refractivity contribution < 1.29 is 9.59 Å². The van der Waals surface area contributed by atoms with Crippen molar-refractivity contribution >= 4 is 27.7 Å². The zero-order valence-corrected chi connectivity index (χ0v) is 16.0. The standard InChI is InChI=1S/C20H25BrN2O2/c21-17-3-1-16(2-4-17)19(25)22-11-18(24)23-12-20-8-13-5-14(9-20)7-15(6-13)10-20/h1-4,13-15H,5-12H2,(H,22,25)(H,23,24). The van der Waals surface area contributed by atoms with Gasteiger partial charge in [-0.15, -0.1) is 0 Å². The number of nitrogens with one attached hydrogen (secondary N) is 2. The molecule has 0 saturated heterocycles. The fraction of sp³-hybridized carbons (Fsp3) is 0.600.